The van der Waals surface area contributed by atoms with Crippen LogP contribution in [0, 0.1) is 0 Å². The van der Waals surface area contributed by atoms with Gasteiger partial charge in [0.05, 0.1) is 14.2 Å². The second kappa shape index (κ2) is 5.55. The molecular weight excluding hydrogens is 261 g/mol. The highest BCUT2D eigenvalue weighted by molar-refractivity contribution is 6.33. The second-order valence-electron chi connectivity index (χ2n) is 2.96. The van der Waals surface area contributed by atoms with Crippen LogP contribution in [-0.2, 0) is 0 Å². The monoisotopic (exact) mass is 270 g/mol. The summed E-state index contributed by atoms with van der Waals surface area (Å²) in [5.74, 6) is 0.683. The van der Waals surface area contributed by atoms with E-state index >= 15 is 0 Å². The molecule has 1 rings (SSSR count). The quantitative estimate of drug-likeness (QED) is 0.773. The molecule has 1 unspecified atom stereocenters. The van der Waals surface area contributed by atoms with Gasteiger partial charge in [0.1, 0.15) is 5.38 Å². The lowest BCUT2D eigenvalue weighted by Crippen LogP contribution is -2.04. The molecule has 2 nitrogen and oxygen atoms in total. The average molecular weight is 271 g/mol. The van der Waals surface area contributed by atoms with Crippen LogP contribution in [0.5, 0.6) is 11.5 Å². The number of methoxy groups -OCH3 is 2. The molecule has 0 aliphatic heterocycles. The number of hydrogen-bond donors (Lipinski definition) is 0. The maximum Gasteiger partial charge on any atom is 0.258 e. The van der Waals surface area contributed by atoms with Gasteiger partial charge >= 0.3 is 0 Å². The Bertz CT molecular complexity index is 372. The van der Waals surface area contributed by atoms with E-state index in [0.717, 1.165) is 0 Å². The maximum absolute atomic E-state index is 12.4. The van der Waals surface area contributed by atoms with E-state index in [-0.39, 0.29) is 10.6 Å². The summed E-state index contributed by atoms with van der Waals surface area (Å²) in [6.45, 7) is 0. The smallest absolute Gasteiger partial charge is 0.258 e. The molecule has 0 aliphatic carbocycles. The third kappa shape index (κ3) is 2.68. The number of alkyl halides is 3. The lowest BCUT2D eigenvalue weighted by atomic mass is 10.1. The molecule has 6 heteroatoms. The van der Waals surface area contributed by atoms with Crippen LogP contribution in [0.1, 0.15) is 10.9 Å². The summed E-state index contributed by atoms with van der Waals surface area (Å²) in [6.07, 6.45) is -2.70. The standard InChI is InChI=1S/C10H10Cl2F2O2/c1-15-7-3-5(9(12)10(13)14)6(11)4-8(7)16-2/h3-4,9-10H,1-2H3. The molecule has 1 atom stereocenters. The van der Waals surface area contributed by atoms with Crippen LogP contribution in [0.4, 0.5) is 8.78 Å². The fourth-order valence-corrected chi connectivity index (χ4v) is 1.72. The van der Waals surface area contributed by atoms with E-state index in [1.807, 2.05) is 0 Å². The van der Waals surface area contributed by atoms with E-state index in [2.05, 4.69) is 0 Å². The van der Waals surface area contributed by atoms with Gasteiger partial charge in [-0.05, 0) is 11.6 Å². The molecule has 0 radical (unpaired) electrons. The average Bonchev–Trinajstić information content (AvgIpc) is 2.27. The molecular formula is C10H10Cl2F2O2. The molecule has 0 aromatic heterocycles. The Labute approximate surface area is 102 Å². The van der Waals surface area contributed by atoms with Crippen LogP contribution in [-0.4, -0.2) is 20.6 Å². The zero-order valence-corrected chi connectivity index (χ0v) is 10.1. The molecule has 0 aliphatic rings. The van der Waals surface area contributed by atoms with Crippen molar-refractivity contribution in [2.24, 2.45) is 0 Å². The summed E-state index contributed by atoms with van der Waals surface area (Å²) in [6, 6.07) is 2.75. The van der Waals surface area contributed by atoms with E-state index < -0.39 is 11.8 Å². The van der Waals surface area contributed by atoms with Crippen molar-refractivity contribution in [1.82, 2.24) is 0 Å². The molecule has 1 aromatic carbocycles. The van der Waals surface area contributed by atoms with Gasteiger partial charge in [-0.2, -0.15) is 0 Å². The largest absolute Gasteiger partial charge is 0.493 e. The molecule has 0 fully saturated rings. The normalized spacial score (nSPS) is 12.7. The van der Waals surface area contributed by atoms with Crippen molar-refractivity contribution in [2.45, 2.75) is 11.8 Å². The minimum absolute atomic E-state index is 0.121. The first kappa shape index (κ1) is 13.3. The summed E-state index contributed by atoms with van der Waals surface area (Å²) in [4.78, 5) is 0. The lowest BCUT2D eigenvalue weighted by molar-refractivity contribution is 0.143. The number of ether oxygens (including phenoxy) is 2. The molecule has 0 saturated carbocycles. The zero-order valence-electron chi connectivity index (χ0n) is 8.64. The van der Waals surface area contributed by atoms with Gasteiger partial charge in [0, 0.05) is 11.1 Å². The first-order valence-electron chi connectivity index (χ1n) is 4.35. The molecule has 0 N–H and O–H groups in total. The molecule has 0 amide bonds. The van der Waals surface area contributed by atoms with Crippen LogP contribution in [0.3, 0.4) is 0 Å². The summed E-state index contributed by atoms with van der Waals surface area (Å²) in [5, 5.41) is -1.34. The third-order valence-electron chi connectivity index (χ3n) is 2.02. The summed E-state index contributed by atoms with van der Waals surface area (Å²) >= 11 is 11.4. The van der Waals surface area contributed by atoms with Gasteiger partial charge in [-0.15, -0.1) is 11.6 Å². The predicted molar refractivity (Wildman–Crippen MR) is 59.2 cm³/mol. The fourth-order valence-electron chi connectivity index (χ4n) is 1.22. The number of hydrogen-bond acceptors (Lipinski definition) is 2. The first-order valence-corrected chi connectivity index (χ1v) is 5.16. The van der Waals surface area contributed by atoms with Crippen molar-refractivity contribution in [3.8, 4) is 11.5 Å². The van der Waals surface area contributed by atoms with Crippen LogP contribution >= 0.6 is 23.2 Å². The van der Waals surface area contributed by atoms with Crippen LogP contribution in [0.25, 0.3) is 0 Å². The zero-order chi connectivity index (χ0) is 12.3. The topological polar surface area (TPSA) is 18.5 Å². The highest BCUT2D eigenvalue weighted by Gasteiger charge is 2.24. The molecule has 0 bridgehead atoms. The minimum atomic E-state index is -2.70. The van der Waals surface area contributed by atoms with E-state index in [0.29, 0.717) is 11.5 Å². The Balaban J connectivity index is 3.21. The summed E-state index contributed by atoms with van der Waals surface area (Å²) in [5.41, 5.74) is 0.121. The van der Waals surface area contributed by atoms with Crippen LogP contribution in [0.15, 0.2) is 12.1 Å². The van der Waals surface area contributed by atoms with Crippen molar-refractivity contribution >= 4 is 23.2 Å². The molecule has 0 saturated heterocycles. The number of rotatable bonds is 4. The molecule has 0 heterocycles. The third-order valence-corrected chi connectivity index (χ3v) is 2.77. The number of benzene rings is 1. The van der Waals surface area contributed by atoms with Crippen molar-refractivity contribution in [1.29, 1.82) is 0 Å². The van der Waals surface area contributed by atoms with Crippen LogP contribution < -0.4 is 9.47 Å². The molecule has 16 heavy (non-hydrogen) atoms. The molecule has 90 valence electrons. The van der Waals surface area contributed by atoms with Gasteiger partial charge in [-0.3, -0.25) is 0 Å². The summed E-state index contributed by atoms with van der Waals surface area (Å²) < 4.78 is 34.8. The van der Waals surface area contributed by atoms with E-state index in [1.165, 1.54) is 26.4 Å². The second-order valence-corrected chi connectivity index (χ2v) is 3.84. The SMILES string of the molecule is COc1cc(Cl)c(C(Cl)C(F)F)cc1OC. The van der Waals surface area contributed by atoms with Gasteiger partial charge in [0.2, 0.25) is 0 Å². The fraction of sp³-hybridized carbons (Fsp3) is 0.400. The Morgan fingerprint density at radius 2 is 1.62 bits per heavy atom. The Morgan fingerprint density at radius 3 is 2.06 bits per heavy atom. The highest BCUT2D eigenvalue weighted by Crippen LogP contribution is 2.39. The predicted octanol–water partition coefficient (Wildman–Crippen LogP) is 3.90. The molecule has 1 aromatic rings. The van der Waals surface area contributed by atoms with Gasteiger partial charge in [-0.25, -0.2) is 8.78 Å². The van der Waals surface area contributed by atoms with Crippen LogP contribution in [0.2, 0.25) is 5.02 Å². The van der Waals surface area contributed by atoms with Gasteiger partial charge in [0.25, 0.3) is 6.43 Å². The van der Waals surface area contributed by atoms with Gasteiger partial charge in [-0.1, -0.05) is 11.6 Å². The van der Waals surface area contributed by atoms with E-state index in [9.17, 15) is 8.78 Å². The highest BCUT2D eigenvalue weighted by atomic mass is 35.5. The van der Waals surface area contributed by atoms with Crippen molar-refractivity contribution < 1.29 is 18.3 Å². The van der Waals surface area contributed by atoms with E-state index in [4.69, 9.17) is 32.7 Å². The van der Waals surface area contributed by atoms with Gasteiger partial charge < -0.3 is 9.47 Å². The molecule has 0 spiro atoms. The van der Waals surface area contributed by atoms with Crippen molar-refractivity contribution in [3.63, 3.8) is 0 Å². The minimum Gasteiger partial charge on any atom is -0.493 e. The van der Waals surface area contributed by atoms with Crippen molar-refractivity contribution in [3.05, 3.63) is 22.7 Å². The lowest BCUT2D eigenvalue weighted by Gasteiger charge is -2.14. The number of halogens is 4. The Morgan fingerprint density at radius 1 is 1.12 bits per heavy atom. The Hall–Kier alpha value is -0.740. The summed E-state index contributed by atoms with van der Waals surface area (Å²) in [7, 11) is 2.83. The van der Waals surface area contributed by atoms with Crippen molar-refractivity contribution in [2.75, 3.05) is 14.2 Å². The Kier molecular flexibility index (Phi) is 4.62. The van der Waals surface area contributed by atoms with E-state index in [1.54, 1.807) is 0 Å². The first-order chi connectivity index (χ1) is 7.51. The maximum atomic E-state index is 12.4. The van der Waals surface area contributed by atoms with Gasteiger partial charge in [0.15, 0.2) is 11.5 Å².